The number of ether oxygens (including phenoxy) is 2. The Kier molecular flexibility index (Phi) is 17.3. The predicted molar refractivity (Wildman–Crippen MR) is 293 cm³/mol. The van der Waals surface area contributed by atoms with E-state index in [1.165, 1.54) is 67.7 Å². The SMILES string of the molecule is CCCCC(CC)COc1ccc(N(c2ccc(OCC(CC)CCCC)cc2)c2ccc(-c3ccc(-c4ccc(-c5ccc(C#Cc6ccc(/C=C(/C#N)C(=O)O)s6)s5)c5nsnc45)s3)cc2)cc1. The molecule has 12 heteroatoms. The monoisotopic (exact) mass is 1000 g/mol. The summed E-state index contributed by atoms with van der Waals surface area (Å²) in [5.74, 6) is 8.08. The van der Waals surface area contributed by atoms with Crippen LogP contribution in [-0.4, -0.2) is 33.0 Å². The fourth-order valence-corrected chi connectivity index (χ4v) is 11.5. The zero-order valence-electron chi connectivity index (χ0n) is 39.9. The molecule has 0 aliphatic carbocycles. The number of carbonyl (C=O) groups is 1. The summed E-state index contributed by atoms with van der Waals surface area (Å²) < 4.78 is 22.2. The molecule has 8 nitrogen and oxygen atoms in total. The standard InChI is InChI=1S/C58H56N4O4S4/c1-5-9-11-39(7-3)37-65-46-21-17-44(18-22-46)62(45-19-23-47(24-20-45)66-38-40(8-4)12-10-6-2)43-15-13-41(14-16-43)53-33-34-55(69-53)52-31-30-51(56-57(52)61-70-60-56)54-32-29-49(68-54)26-25-48-27-28-50(67-48)35-42(36-59)58(63)64/h13-24,27-35,39-40H,5-12,37-38H2,1-4H3,(H,63,64)/b42-35-. The lowest BCUT2D eigenvalue weighted by molar-refractivity contribution is -0.132. The van der Waals surface area contributed by atoms with Gasteiger partial charge in [0, 0.05) is 47.7 Å². The minimum Gasteiger partial charge on any atom is -0.493 e. The Hall–Kier alpha value is -6.54. The molecule has 0 spiro atoms. The normalized spacial score (nSPS) is 12.2. The van der Waals surface area contributed by atoms with E-state index < -0.39 is 5.97 Å². The summed E-state index contributed by atoms with van der Waals surface area (Å²) >= 11 is 5.89. The number of rotatable bonds is 22. The predicted octanol–water partition coefficient (Wildman–Crippen LogP) is 16.9. The van der Waals surface area contributed by atoms with Crippen molar-refractivity contribution in [2.24, 2.45) is 11.8 Å². The van der Waals surface area contributed by atoms with Crippen LogP contribution in [0.3, 0.4) is 0 Å². The van der Waals surface area contributed by atoms with E-state index >= 15 is 0 Å². The Balaban J connectivity index is 1.00. The molecule has 356 valence electrons. The first-order chi connectivity index (χ1) is 34.3. The Bertz CT molecular complexity index is 3060. The Morgan fingerprint density at radius 1 is 0.629 bits per heavy atom. The Morgan fingerprint density at radius 2 is 1.11 bits per heavy atom. The van der Waals surface area contributed by atoms with Gasteiger partial charge in [-0.1, -0.05) is 90.5 Å². The van der Waals surface area contributed by atoms with Gasteiger partial charge in [-0.25, -0.2) is 4.79 Å². The van der Waals surface area contributed by atoms with Gasteiger partial charge in [-0.15, -0.1) is 34.0 Å². The number of nitrogens with zero attached hydrogens (tertiary/aromatic N) is 4. The molecule has 4 aromatic heterocycles. The van der Waals surface area contributed by atoms with Crippen LogP contribution >= 0.6 is 45.7 Å². The summed E-state index contributed by atoms with van der Waals surface area (Å²) in [6.07, 6.45) is 10.9. The molecule has 0 bridgehead atoms. The van der Waals surface area contributed by atoms with Crippen LogP contribution in [0.5, 0.6) is 11.5 Å². The second kappa shape index (κ2) is 24.3. The Morgan fingerprint density at radius 3 is 1.63 bits per heavy atom. The van der Waals surface area contributed by atoms with Crippen LogP contribution in [0.1, 0.15) is 93.7 Å². The van der Waals surface area contributed by atoms with Gasteiger partial charge in [0.2, 0.25) is 0 Å². The van der Waals surface area contributed by atoms with Gasteiger partial charge in [-0.05, 0) is 145 Å². The lowest BCUT2D eigenvalue weighted by atomic mass is 10.0. The number of hydrogen-bond donors (Lipinski definition) is 1. The van der Waals surface area contributed by atoms with Crippen molar-refractivity contribution in [3.8, 4) is 60.7 Å². The van der Waals surface area contributed by atoms with Crippen molar-refractivity contribution in [2.45, 2.75) is 79.1 Å². The van der Waals surface area contributed by atoms with Gasteiger partial charge in [0.05, 0.1) is 34.7 Å². The molecule has 0 radical (unpaired) electrons. The van der Waals surface area contributed by atoms with Crippen LogP contribution in [-0.2, 0) is 4.79 Å². The molecule has 8 aromatic rings. The fraction of sp³-hybridized carbons (Fsp3) is 0.276. The second-order valence-corrected chi connectivity index (χ2v) is 21.0. The topological polar surface area (TPSA) is 109 Å². The van der Waals surface area contributed by atoms with Crippen molar-refractivity contribution < 1.29 is 19.4 Å². The van der Waals surface area contributed by atoms with Crippen LogP contribution in [0, 0.1) is 35.0 Å². The quantitative estimate of drug-likeness (QED) is 0.0406. The van der Waals surface area contributed by atoms with Gasteiger partial charge in [-0.3, -0.25) is 0 Å². The van der Waals surface area contributed by atoms with E-state index in [1.54, 1.807) is 34.8 Å². The number of anilines is 3. The molecular formula is C58H56N4O4S4. The maximum Gasteiger partial charge on any atom is 0.346 e. The summed E-state index contributed by atoms with van der Waals surface area (Å²) in [4.78, 5) is 19.2. The summed E-state index contributed by atoms with van der Waals surface area (Å²) in [6.45, 7) is 10.5. The van der Waals surface area contributed by atoms with Gasteiger partial charge >= 0.3 is 5.97 Å². The van der Waals surface area contributed by atoms with Gasteiger partial charge in [0.1, 0.15) is 34.2 Å². The molecule has 70 heavy (non-hydrogen) atoms. The van der Waals surface area contributed by atoms with Crippen LogP contribution in [0.4, 0.5) is 17.1 Å². The molecule has 1 N–H and O–H groups in total. The van der Waals surface area contributed by atoms with Crippen LogP contribution in [0.2, 0.25) is 0 Å². The van der Waals surface area contributed by atoms with E-state index in [-0.39, 0.29) is 5.57 Å². The van der Waals surface area contributed by atoms with Gasteiger partial charge in [0.25, 0.3) is 0 Å². The number of nitriles is 1. The zero-order valence-corrected chi connectivity index (χ0v) is 43.2. The fourth-order valence-electron chi connectivity index (χ4n) is 8.19. The lowest BCUT2D eigenvalue weighted by Crippen LogP contribution is -2.12. The maximum atomic E-state index is 11.2. The number of unbranched alkanes of at least 4 members (excludes halogenated alkanes) is 2. The second-order valence-electron chi connectivity index (χ2n) is 17.2. The van der Waals surface area contributed by atoms with Crippen molar-refractivity contribution in [1.29, 1.82) is 5.26 Å². The first-order valence-corrected chi connectivity index (χ1v) is 27.2. The van der Waals surface area contributed by atoms with Crippen molar-refractivity contribution in [3.05, 3.63) is 142 Å². The number of carboxylic acid groups (broad SMARTS) is 1. The number of carboxylic acids is 1. The van der Waals surface area contributed by atoms with Crippen molar-refractivity contribution in [2.75, 3.05) is 18.1 Å². The first-order valence-electron chi connectivity index (χ1n) is 24.1. The zero-order chi connectivity index (χ0) is 48.8. The molecule has 4 aromatic carbocycles. The number of aromatic nitrogens is 2. The van der Waals surface area contributed by atoms with Gasteiger partial charge in [0.15, 0.2) is 0 Å². The summed E-state index contributed by atoms with van der Waals surface area (Å²) in [5, 5.41) is 18.3. The highest BCUT2D eigenvalue weighted by Crippen LogP contribution is 2.43. The van der Waals surface area contributed by atoms with Gasteiger partial charge < -0.3 is 19.5 Å². The molecule has 0 saturated heterocycles. The molecule has 0 saturated carbocycles. The number of benzene rings is 4. The van der Waals surface area contributed by atoms with E-state index in [1.807, 2.05) is 12.1 Å². The highest BCUT2D eigenvalue weighted by Gasteiger charge is 2.19. The third kappa shape index (κ3) is 12.4. The van der Waals surface area contributed by atoms with Crippen molar-refractivity contribution in [3.63, 3.8) is 0 Å². The number of fused-ring (bicyclic) bond motifs is 1. The Labute approximate surface area is 427 Å². The molecular weight excluding hydrogens is 945 g/mol. The molecule has 2 unspecified atom stereocenters. The van der Waals surface area contributed by atoms with E-state index in [9.17, 15) is 9.90 Å². The van der Waals surface area contributed by atoms with Crippen LogP contribution in [0.25, 0.3) is 48.4 Å². The third-order valence-electron chi connectivity index (χ3n) is 12.4. The summed E-state index contributed by atoms with van der Waals surface area (Å²) in [5.41, 5.74) is 7.75. The third-order valence-corrected chi connectivity index (χ3v) is 16.1. The van der Waals surface area contributed by atoms with E-state index in [0.717, 1.165) is 107 Å². The smallest absolute Gasteiger partial charge is 0.346 e. The van der Waals surface area contributed by atoms with E-state index in [4.69, 9.17) is 23.5 Å². The molecule has 4 heterocycles. The van der Waals surface area contributed by atoms with E-state index in [2.05, 4.69) is 148 Å². The van der Waals surface area contributed by atoms with Crippen LogP contribution in [0.15, 0.2) is 127 Å². The minimum absolute atomic E-state index is 0.310. The van der Waals surface area contributed by atoms with E-state index in [0.29, 0.717) is 16.7 Å². The number of hydrogen-bond acceptors (Lipinski definition) is 11. The van der Waals surface area contributed by atoms with Gasteiger partial charge in [-0.2, -0.15) is 14.0 Å². The molecule has 0 aliphatic heterocycles. The summed E-state index contributed by atoms with van der Waals surface area (Å²) in [6, 6.07) is 43.8. The first kappa shape index (κ1) is 49.9. The van der Waals surface area contributed by atoms with Crippen molar-refractivity contribution in [1.82, 2.24) is 8.75 Å². The average Bonchev–Trinajstić information content (AvgIpc) is 4.25. The number of thiophene rings is 3. The molecule has 2 atom stereocenters. The average molecular weight is 1000 g/mol. The number of aliphatic carboxylic acids is 1. The largest absolute Gasteiger partial charge is 0.493 e. The molecule has 0 amide bonds. The highest BCUT2D eigenvalue weighted by molar-refractivity contribution is 7.19. The molecule has 8 rings (SSSR count). The molecule has 0 fully saturated rings. The highest BCUT2D eigenvalue weighted by atomic mass is 32.1. The lowest BCUT2D eigenvalue weighted by Gasteiger charge is -2.26. The minimum atomic E-state index is -1.25. The van der Waals surface area contributed by atoms with Crippen molar-refractivity contribution >= 4 is 85.9 Å². The maximum absolute atomic E-state index is 11.2. The summed E-state index contributed by atoms with van der Waals surface area (Å²) in [7, 11) is 0. The van der Waals surface area contributed by atoms with Crippen LogP contribution < -0.4 is 14.4 Å². The molecule has 0 aliphatic rings.